The molecule has 0 heterocycles. The average Bonchev–Trinajstić information content (AvgIpc) is 2.39. The minimum Gasteiger partial charge on any atom is -0.465 e. The molecule has 19 heavy (non-hydrogen) atoms. The van der Waals surface area contributed by atoms with Crippen molar-refractivity contribution in [1.29, 1.82) is 0 Å². The van der Waals surface area contributed by atoms with Crippen LogP contribution in [-0.2, 0) is 14.3 Å². The lowest BCUT2D eigenvalue weighted by Gasteiger charge is -2.31. The summed E-state index contributed by atoms with van der Waals surface area (Å²) in [5.74, 6) is -1.29. The van der Waals surface area contributed by atoms with E-state index in [1.165, 1.54) is 6.08 Å². The zero-order valence-electron chi connectivity index (χ0n) is 11.4. The van der Waals surface area contributed by atoms with Gasteiger partial charge < -0.3 is 4.74 Å². The van der Waals surface area contributed by atoms with E-state index in [4.69, 9.17) is 4.74 Å². The van der Waals surface area contributed by atoms with Crippen LogP contribution < -0.4 is 0 Å². The first kappa shape index (κ1) is 15.4. The SMILES string of the molecule is C=CCN(CC=C)[C@@H]1C=CC(=O)C(C(=O)OCC)C1. The predicted molar refractivity (Wildman–Crippen MR) is 74.6 cm³/mol. The summed E-state index contributed by atoms with van der Waals surface area (Å²) in [4.78, 5) is 25.6. The molecular weight excluding hydrogens is 242 g/mol. The smallest absolute Gasteiger partial charge is 0.316 e. The number of allylic oxidation sites excluding steroid dienone is 1. The number of nitrogens with zero attached hydrogens (tertiary/aromatic N) is 1. The summed E-state index contributed by atoms with van der Waals surface area (Å²) in [7, 11) is 0. The Morgan fingerprint density at radius 1 is 1.47 bits per heavy atom. The van der Waals surface area contributed by atoms with Crippen molar-refractivity contribution in [3.8, 4) is 0 Å². The van der Waals surface area contributed by atoms with Gasteiger partial charge in [-0.2, -0.15) is 0 Å². The predicted octanol–water partition coefficient (Wildman–Crippen LogP) is 1.74. The van der Waals surface area contributed by atoms with Gasteiger partial charge in [0.1, 0.15) is 5.92 Å². The molecule has 0 aromatic carbocycles. The van der Waals surface area contributed by atoms with Gasteiger partial charge >= 0.3 is 5.97 Å². The molecule has 1 unspecified atom stereocenters. The highest BCUT2D eigenvalue weighted by molar-refractivity contribution is 6.05. The van der Waals surface area contributed by atoms with Crippen molar-refractivity contribution >= 4 is 11.8 Å². The van der Waals surface area contributed by atoms with Crippen molar-refractivity contribution in [3.05, 3.63) is 37.5 Å². The second-order valence-electron chi connectivity index (χ2n) is 4.40. The van der Waals surface area contributed by atoms with E-state index in [2.05, 4.69) is 18.1 Å². The highest BCUT2D eigenvalue weighted by atomic mass is 16.5. The second kappa shape index (κ2) is 7.69. The van der Waals surface area contributed by atoms with Crippen LogP contribution in [-0.4, -0.2) is 42.4 Å². The molecule has 0 bridgehead atoms. The van der Waals surface area contributed by atoms with Gasteiger partial charge in [-0.3, -0.25) is 14.5 Å². The zero-order valence-corrected chi connectivity index (χ0v) is 11.4. The van der Waals surface area contributed by atoms with Crippen molar-refractivity contribution in [2.75, 3.05) is 19.7 Å². The number of ketones is 1. The molecule has 2 atom stereocenters. The number of esters is 1. The Balaban J connectivity index is 2.79. The van der Waals surface area contributed by atoms with Gasteiger partial charge in [0.25, 0.3) is 0 Å². The van der Waals surface area contributed by atoms with E-state index in [9.17, 15) is 9.59 Å². The van der Waals surface area contributed by atoms with Crippen LogP contribution in [0.3, 0.4) is 0 Å². The molecule has 4 heteroatoms. The third-order valence-corrected chi connectivity index (χ3v) is 3.07. The maximum atomic E-state index is 11.8. The van der Waals surface area contributed by atoms with E-state index in [-0.39, 0.29) is 11.8 Å². The van der Waals surface area contributed by atoms with Crippen molar-refractivity contribution in [3.63, 3.8) is 0 Å². The molecule has 0 aromatic rings. The minimum atomic E-state index is -0.688. The number of hydrogen-bond donors (Lipinski definition) is 0. The summed E-state index contributed by atoms with van der Waals surface area (Å²) in [6.45, 7) is 10.8. The van der Waals surface area contributed by atoms with Gasteiger partial charge in [0.15, 0.2) is 5.78 Å². The molecule has 1 aliphatic carbocycles. The molecule has 0 saturated carbocycles. The van der Waals surface area contributed by atoms with Gasteiger partial charge in [0.05, 0.1) is 6.61 Å². The maximum absolute atomic E-state index is 11.8. The summed E-state index contributed by atoms with van der Waals surface area (Å²) >= 11 is 0. The fourth-order valence-corrected chi connectivity index (χ4v) is 2.16. The molecule has 1 rings (SSSR count). The molecule has 0 radical (unpaired) electrons. The largest absolute Gasteiger partial charge is 0.465 e. The molecule has 0 amide bonds. The van der Waals surface area contributed by atoms with Crippen LogP contribution in [0.25, 0.3) is 0 Å². The molecule has 104 valence electrons. The summed E-state index contributed by atoms with van der Waals surface area (Å²) in [5, 5.41) is 0. The summed E-state index contributed by atoms with van der Waals surface area (Å²) in [5.41, 5.74) is 0. The standard InChI is InChI=1S/C15H21NO3/c1-4-9-16(10-5-2)12-7-8-14(17)13(11-12)15(18)19-6-3/h4-5,7-8,12-13H,1-2,6,9-11H2,3H3/t12-,13?/m1/s1. The van der Waals surface area contributed by atoms with Crippen molar-refractivity contribution in [2.45, 2.75) is 19.4 Å². The number of carbonyl (C=O) groups excluding carboxylic acids is 2. The fourth-order valence-electron chi connectivity index (χ4n) is 2.16. The third-order valence-electron chi connectivity index (χ3n) is 3.07. The van der Waals surface area contributed by atoms with Gasteiger partial charge in [0, 0.05) is 19.1 Å². The molecule has 0 spiro atoms. The highest BCUT2D eigenvalue weighted by Crippen LogP contribution is 2.21. The topological polar surface area (TPSA) is 46.6 Å². The van der Waals surface area contributed by atoms with Crippen molar-refractivity contribution < 1.29 is 14.3 Å². The number of hydrogen-bond acceptors (Lipinski definition) is 4. The van der Waals surface area contributed by atoms with Gasteiger partial charge in [0.2, 0.25) is 0 Å². The Kier molecular flexibility index (Phi) is 6.22. The van der Waals surface area contributed by atoms with E-state index in [1.54, 1.807) is 19.1 Å². The molecular formula is C15H21NO3. The van der Waals surface area contributed by atoms with Crippen molar-refractivity contribution in [1.82, 2.24) is 4.90 Å². The first-order chi connectivity index (χ1) is 9.13. The third kappa shape index (κ3) is 4.17. The normalized spacial score (nSPS) is 22.3. The van der Waals surface area contributed by atoms with E-state index < -0.39 is 11.9 Å². The van der Waals surface area contributed by atoms with E-state index >= 15 is 0 Å². The number of ether oxygens (including phenoxy) is 1. The Bertz CT molecular complexity index is 377. The number of carbonyl (C=O) groups is 2. The Morgan fingerprint density at radius 2 is 2.11 bits per heavy atom. The molecule has 0 saturated heterocycles. The molecule has 1 aliphatic rings. The Morgan fingerprint density at radius 3 is 2.63 bits per heavy atom. The lowest BCUT2D eigenvalue weighted by Crippen LogP contribution is -2.41. The maximum Gasteiger partial charge on any atom is 0.316 e. The van der Waals surface area contributed by atoms with Crippen LogP contribution in [0.1, 0.15) is 13.3 Å². The first-order valence-corrected chi connectivity index (χ1v) is 6.48. The monoisotopic (exact) mass is 263 g/mol. The molecule has 0 aliphatic heterocycles. The van der Waals surface area contributed by atoms with Crippen LogP contribution in [0, 0.1) is 5.92 Å². The Hall–Kier alpha value is -1.68. The summed E-state index contributed by atoms with van der Waals surface area (Å²) in [6.07, 6.45) is 7.37. The Labute approximate surface area is 114 Å². The van der Waals surface area contributed by atoms with E-state index in [0.717, 1.165) is 0 Å². The fraction of sp³-hybridized carbons (Fsp3) is 0.467. The average molecular weight is 263 g/mol. The quantitative estimate of drug-likeness (QED) is 0.399. The summed E-state index contributed by atoms with van der Waals surface area (Å²) < 4.78 is 4.95. The second-order valence-corrected chi connectivity index (χ2v) is 4.40. The zero-order chi connectivity index (χ0) is 14.3. The van der Waals surface area contributed by atoms with Crippen molar-refractivity contribution in [2.24, 2.45) is 5.92 Å². The number of rotatable bonds is 7. The lowest BCUT2D eigenvalue weighted by atomic mass is 9.89. The molecule has 0 N–H and O–H groups in total. The minimum absolute atomic E-state index is 0.0307. The first-order valence-electron chi connectivity index (χ1n) is 6.48. The molecule has 0 aromatic heterocycles. The lowest BCUT2D eigenvalue weighted by molar-refractivity contribution is -0.151. The van der Waals surface area contributed by atoms with Crippen LogP contribution in [0.2, 0.25) is 0 Å². The van der Waals surface area contributed by atoms with Crippen LogP contribution >= 0.6 is 0 Å². The van der Waals surface area contributed by atoms with Gasteiger partial charge in [-0.05, 0) is 19.4 Å². The highest BCUT2D eigenvalue weighted by Gasteiger charge is 2.33. The van der Waals surface area contributed by atoms with E-state index in [0.29, 0.717) is 26.1 Å². The van der Waals surface area contributed by atoms with E-state index in [1.807, 2.05) is 6.08 Å². The molecule has 4 nitrogen and oxygen atoms in total. The van der Waals surface area contributed by atoms with Gasteiger partial charge in [-0.1, -0.05) is 18.2 Å². The summed E-state index contributed by atoms with van der Waals surface area (Å²) in [6, 6.07) is 0.0307. The van der Waals surface area contributed by atoms with Crippen LogP contribution in [0.15, 0.2) is 37.5 Å². The van der Waals surface area contributed by atoms with Crippen LogP contribution in [0.4, 0.5) is 0 Å². The van der Waals surface area contributed by atoms with Crippen LogP contribution in [0.5, 0.6) is 0 Å². The van der Waals surface area contributed by atoms with Gasteiger partial charge in [-0.15, -0.1) is 13.2 Å². The van der Waals surface area contributed by atoms with Gasteiger partial charge in [-0.25, -0.2) is 0 Å². The molecule has 0 fully saturated rings.